The highest BCUT2D eigenvalue weighted by molar-refractivity contribution is 7.85. The summed E-state index contributed by atoms with van der Waals surface area (Å²) in [6.07, 6.45) is 5.31. The largest absolute Gasteiger partial charge is 0.748 e. The summed E-state index contributed by atoms with van der Waals surface area (Å²) in [5, 5.41) is 0. The number of pyridine rings is 1. The standard InChI is InChI=1S/C12H19NO3S/c1-3-11(2)12-5-8-13(9-6-12)7-4-10-17(14,15)16/h5-6,8-9,11H,3-4,7,10H2,1-2H3. The molecule has 0 aliphatic rings. The van der Waals surface area contributed by atoms with Crippen molar-refractivity contribution < 1.29 is 17.5 Å². The average Bonchev–Trinajstić information content (AvgIpc) is 2.27. The van der Waals surface area contributed by atoms with E-state index in [1.54, 1.807) is 0 Å². The second kappa shape index (κ2) is 6.12. The zero-order chi connectivity index (χ0) is 12.9. The van der Waals surface area contributed by atoms with Crippen LogP contribution in [0.5, 0.6) is 0 Å². The van der Waals surface area contributed by atoms with E-state index >= 15 is 0 Å². The summed E-state index contributed by atoms with van der Waals surface area (Å²) in [5.74, 6) is 0.235. The normalized spacial score (nSPS) is 13.6. The summed E-state index contributed by atoms with van der Waals surface area (Å²) in [6, 6.07) is 4.08. The smallest absolute Gasteiger partial charge is 0.169 e. The number of aryl methyl sites for hydroxylation is 1. The fourth-order valence-corrected chi connectivity index (χ4v) is 2.09. The Morgan fingerprint density at radius 1 is 1.35 bits per heavy atom. The predicted molar refractivity (Wildman–Crippen MR) is 64.5 cm³/mol. The van der Waals surface area contributed by atoms with Crippen LogP contribution in [-0.2, 0) is 16.7 Å². The van der Waals surface area contributed by atoms with Crippen LogP contribution in [0.3, 0.4) is 0 Å². The van der Waals surface area contributed by atoms with Crippen molar-refractivity contribution in [2.45, 2.75) is 39.2 Å². The first-order valence-electron chi connectivity index (χ1n) is 5.85. The van der Waals surface area contributed by atoms with Gasteiger partial charge in [-0.15, -0.1) is 0 Å². The van der Waals surface area contributed by atoms with Crippen molar-refractivity contribution >= 4 is 10.1 Å². The van der Waals surface area contributed by atoms with Gasteiger partial charge in [0.1, 0.15) is 6.54 Å². The zero-order valence-electron chi connectivity index (χ0n) is 10.3. The molecular weight excluding hydrogens is 238 g/mol. The van der Waals surface area contributed by atoms with E-state index in [1.165, 1.54) is 5.56 Å². The molecule has 0 aromatic carbocycles. The van der Waals surface area contributed by atoms with Crippen LogP contribution in [0.15, 0.2) is 24.5 Å². The van der Waals surface area contributed by atoms with Crippen molar-refractivity contribution in [3.8, 4) is 0 Å². The molecule has 1 rings (SSSR count). The highest BCUT2D eigenvalue weighted by Crippen LogP contribution is 2.16. The Balaban J connectivity index is 2.51. The van der Waals surface area contributed by atoms with Crippen molar-refractivity contribution in [2.24, 2.45) is 0 Å². The van der Waals surface area contributed by atoms with Crippen molar-refractivity contribution in [1.29, 1.82) is 0 Å². The SMILES string of the molecule is CCC(C)c1cc[n+](CCCS(=O)(=O)[O-])cc1. The van der Waals surface area contributed by atoms with Gasteiger partial charge in [-0.3, -0.25) is 0 Å². The Labute approximate surface area is 103 Å². The monoisotopic (exact) mass is 257 g/mol. The third-order valence-corrected chi connectivity index (χ3v) is 3.70. The van der Waals surface area contributed by atoms with Gasteiger partial charge in [0, 0.05) is 24.3 Å². The van der Waals surface area contributed by atoms with Crippen molar-refractivity contribution in [3.05, 3.63) is 30.1 Å². The Bertz CT molecular complexity index is 439. The Hall–Kier alpha value is -0.940. The first-order chi connectivity index (χ1) is 7.92. The Kier molecular flexibility index (Phi) is 5.08. The molecule has 4 nitrogen and oxygen atoms in total. The lowest BCUT2D eigenvalue weighted by molar-refractivity contribution is -0.696. The number of aromatic nitrogens is 1. The zero-order valence-corrected chi connectivity index (χ0v) is 11.1. The number of hydrogen-bond acceptors (Lipinski definition) is 3. The lowest BCUT2D eigenvalue weighted by Gasteiger charge is -2.07. The maximum atomic E-state index is 10.4. The summed E-state index contributed by atoms with van der Waals surface area (Å²) in [4.78, 5) is 0. The molecule has 1 aromatic heterocycles. The lowest BCUT2D eigenvalue weighted by Crippen LogP contribution is -2.33. The molecule has 0 bridgehead atoms. The van der Waals surface area contributed by atoms with E-state index in [0.29, 0.717) is 18.9 Å². The van der Waals surface area contributed by atoms with Gasteiger partial charge in [-0.05, 0) is 17.9 Å². The molecular formula is C12H19NO3S. The van der Waals surface area contributed by atoms with Gasteiger partial charge in [-0.2, -0.15) is 0 Å². The Morgan fingerprint density at radius 2 is 1.94 bits per heavy atom. The first-order valence-corrected chi connectivity index (χ1v) is 7.42. The van der Waals surface area contributed by atoms with Crippen LogP contribution in [0.1, 0.15) is 38.2 Å². The second-order valence-corrected chi connectivity index (χ2v) is 5.82. The molecule has 0 N–H and O–H groups in total. The van der Waals surface area contributed by atoms with Crippen molar-refractivity contribution in [3.63, 3.8) is 0 Å². The van der Waals surface area contributed by atoms with Gasteiger partial charge < -0.3 is 4.55 Å². The van der Waals surface area contributed by atoms with Crippen LogP contribution in [0, 0.1) is 0 Å². The topological polar surface area (TPSA) is 61.1 Å². The number of rotatable bonds is 6. The van der Waals surface area contributed by atoms with Gasteiger partial charge in [0.05, 0.1) is 10.1 Å². The lowest BCUT2D eigenvalue weighted by atomic mass is 10.0. The summed E-state index contributed by atoms with van der Waals surface area (Å²) in [6.45, 7) is 4.87. The van der Waals surface area contributed by atoms with Gasteiger partial charge in [0.2, 0.25) is 0 Å². The minimum Gasteiger partial charge on any atom is -0.748 e. The quantitative estimate of drug-likeness (QED) is 0.572. The van der Waals surface area contributed by atoms with E-state index in [0.717, 1.165) is 6.42 Å². The predicted octanol–water partition coefficient (Wildman–Crippen LogP) is 1.42. The molecule has 17 heavy (non-hydrogen) atoms. The number of hydrogen-bond donors (Lipinski definition) is 0. The van der Waals surface area contributed by atoms with Gasteiger partial charge in [-0.1, -0.05) is 13.8 Å². The molecule has 0 aliphatic carbocycles. The van der Waals surface area contributed by atoms with E-state index in [4.69, 9.17) is 0 Å². The fraction of sp³-hybridized carbons (Fsp3) is 0.583. The summed E-state index contributed by atoms with van der Waals surface area (Å²) in [7, 11) is -4.08. The maximum Gasteiger partial charge on any atom is 0.169 e. The van der Waals surface area contributed by atoms with Gasteiger partial charge >= 0.3 is 0 Å². The van der Waals surface area contributed by atoms with Crippen molar-refractivity contribution in [2.75, 3.05) is 5.75 Å². The van der Waals surface area contributed by atoms with Crippen LogP contribution in [0.4, 0.5) is 0 Å². The molecule has 1 heterocycles. The van der Waals surface area contributed by atoms with E-state index in [9.17, 15) is 13.0 Å². The molecule has 0 amide bonds. The molecule has 0 saturated heterocycles. The third-order valence-electron chi connectivity index (χ3n) is 2.91. The van der Waals surface area contributed by atoms with Gasteiger partial charge in [0.15, 0.2) is 12.4 Å². The van der Waals surface area contributed by atoms with E-state index in [1.807, 2.05) is 29.1 Å². The third kappa shape index (κ3) is 5.28. The summed E-state index contributed by atoms with van der Waals surface area (Å²) < 4.78 is 33.2. The molecule has 5 heteroatoms. The van der Waals surface area contributed by atoms with Gasteiger partial charge in [-0.25, -0.2) is 13.0 Å². The van der Waals surface area contributed by atoms with Crippen LogP contribution in [0.25, 0.3) is 0 Å². The van der Waals surface area contributed by atoms with E-state index in [-0.39, 0.29) is 5.75 Å². The highest BCUT2D eigenvalue weighted by Gasteiger charge is 2.06. The first kappa shape index (κ1) is 14.1. The van der Waals surface area contributed by atoms with E-state index in [2.05, 4.69) is 13.8 Å². The fourth-order valence-electron chi connectivity index (χ4n) is 1.61. The molecule has 1 atom stereocenters. The van der Waals surface area contributed by atoms with Crippen LogP contribution in [-0.4, -0.2) is 18.7 Å². The molecule has 1 aromatic rings. The number of nitrogens with zero attached hydrogens (tertiary/aromatic N) is 1. The van der Waals surface area contributed by atoms with Crippen LogP contribution < -0.4 is 4.57 Å². The molecule has 1 unspecified atom stereocenters. The van der Waals surface area contributed by atoms with Gasteiger partial charge in [0.25, 0.3) is 0 Å². The minimum atomic E-state index is -4.08. The van der Waals surface area contributed by atoms with Crippen LogP contribution >= 0.6 is 0 Å². The highest BCUT2D eigenvalue weighted by atomic mass is 32.2. The van der Waals surface area contributed by atoms with E-state index < -0.39 is 10.1 Å². The average molecular weight is 257 g/mol. The van der Waals surface area contributed by atoms with Crippen LogP contribution in [0.2, 0.25) is 0 Å². The molecule has 0 saturated carbocycles. The summed E-state index contributed by atoms with van der Waals surface area (Å²) in [5.41, 5.74) is 1.28. The Morgan fingerprint density at radius 3 is 2.41 bits per heavy atom. The molecule has 0 radical (unpaired) electrons. The van der Waals surface area contributed by atoms with Crippen molar-refractivity contribution in [1.82, 2.24) is 0 Å². The molecule has 0 aliphatic heterocycles. The molecule has 96 valence electrons. The molecule has 0 spiro atoms. The minimum absolute atomic E-state index is 0.298. The second-order valence-electron chi connectivity index (χ2n) is 4.29. The maximum absolute atomic E-state index is 10.4. The molecule has 0 fully saturated rings. The summed E-state index contributed by atoms with van der Waals surface area (Å²) >= 11 is 0.